The molecule has 0 aliphatic carbocycles. The Hall–Kier alpha value is -1.54. The van der Waals surface area contributed by atoms with E-state index in [-0.39, 0.29) is 12.2 Å². The predicted octanol–water partition coefficient (Wildman–Crippen LogP) is 1.23. The first-order valence-corrected chi connectivity index (χ1v) is 8.79. The van der Waals surface area contributed by atoms with Gasteiger partial charge in [0.15, 0.2) is 0 Å². The highest BCUT2D eigenvalue weighted by Crippen LogP contribution is 2.29. The molecule has 3 heterocycles. The Bertz CT molecular complexity index is 543. The average Bonchev–Trinajstić information content (AvgIpc) is 3.07. The van der Waals surface area contributed by atoms with Crippen LogP contribution in [0.25, 0.3) is 0 Å². The smallest absolute Gasteiger partial charge is 0.132 e. The van der Waals surface area contributed by atoms with Gasteiger partial charge in [-0.2, -0.15) is 5.11 Å². The van der Waals surface area contributed by atoms with Crippen LogP contribution in [0.4, 0.5) is 5.69 Å². The van der Waals surface area contributed by atoms with Crippen molar-refractivity contribution in [3.8, 4) is 0 Å². The molecule has 24 heavy (non-hydrogen) atoms. The van der Waals surface area contributed by atoms with Gasteiger partial charge in [-0.25, -0.2) is 5.01 Å². The minimum absolute atomic E-state index is 0.154. The molecule has 1 aromatic rings. The fourth-order valence-corrected chi connectivity index (χ4v) is 3.60. The van der Waals surface area contributed by atoms with Crippen LogP contribution in [0.5, 0.6) is 0 Å². The highest BCUT2D eigenvalue weighted by atomic mass is 16.5. The highest BCUT2D eigenvalue weighted by molar-refractivity contribution is 5.47. The SMILES string of the molecule is c1ccc(N2N=NC(CN3CCOCC3)C2N2CCOCC2)cc1. The van der Waals surface area contributed by atoms with Crippen molar-refractivity contribution in [3.05, 3.63) is 30.3 Å². The Morgan fingerprint density at radius 1 is 0.917 bits per heavy atom. The van der Waals surface area contributed by atoms with Crippen LogP contribution in [0.15, 0.2) is 40.7 Å². The molecule has 2 fully saturated rings. The number of anilines is 1. The predicted molar refractivity (Wildman–Crippen MR) is 91.0 cm³/mol. The summed E-state index contributed by atoms with van der Waals surface area (Å²) in [7, 11) is 0. The van der Waals surface area contributed by atoms with Crippen molar-refractivity contribution in [1.29, 1.82) is 0 Å². The largest absolute Gasteiger partial charge is 0.379 e. The molecule has 0 aromatic heterocycles. The molecule has 7 nitrogen and oxygen atoms in total. The maximum atomic E-state index is 5.54. The summed E-state index contributed by atoms with van der Waals surface area (Å²) in [4.78, 5) is 4.90. The Balaban J connectivity index is 1.52. The first kappa shape index (κ1) is 16.0. The number of nitrogens with zero attached hydrogens (tertiary/aromatic N) is 5. The summed E-state index contributed by atoms with van der Waals surface area (Å²) >= 11 is 0. The van der Waals surface area contributed by atoms with Gasteiger partial charge in [0.2, 0.25) is 0 Å². The van der Waals surface area contributed by atoms with Crippen LogP contribution >= 0.6 is 0 Å². The van der Waals surface area contributed by atoms with Gasteiger partial charge in [0.1, 0.15) is 12.2 Å². The van der Waals surface area contributed by atoms with E-state index in [2.05, 4.69) is 49.4 Å². The van der Waals surface area contributed by atoms with Gasteiger partial charge in [0.25, 0.3) is 0 Å². The van der Waals surface area contributed by atoms with Crippen LogP contribution in [0.2, 0.25) is 0 Å². The maximum absolute atomic E-state index is 5.54. The van der Waals surface area contributed by atoms with Gasteiger partial charge in [-0.15, -0.1) is 0 Å². The van der Waals surface area contributed by atoms with E-state index in [0.717, 1.165) is 64.8 Å². The second kappa shape index (κ2) is 7.57. The lowest BCUT2D eigenvalue weighted by Gasteiger charge is -2.39. The zero-order valence-electron chi connectivity index (χ0n) is 14.0. The van der Waals surface area contributed by atoms with Gasteiger partial charge in [0.05, 0.1) is 32.1 Å². The quantitative estimate of drug-likeness (QED) is 0.831. The molecule has 0 bridgehead atoms. The lowest BCUT2D eigenvalue weighted by atomic mass is 10.1. The molecule has 2 atom stereocenters. The molecule has 2 saturated heterocycles. The van der Waals surface area contributed by atoms with Crippen LogP contribution in [0, 0.1) is 0 Å². The molecule has 2 unspecified atom stereocenters. The van der Waals surface area contributed by atoms with Crippen LogP contribution in [-0.4, -0.2) is 81.2 Å². The molecule has 7 heteroatoms. The van der Waals surface area contributed by atoms with Gasteiger partial charge in [-0.1, -0.05) is 23.4 Å². The van der Waals surface area contributed by atoms with Crippen LogP contribution in [0.3, 0.4) is 0 Å². The number of morpholine rings is 2. The molecule has 3 aliphatic heterocycles. The fourth-order valence-electron chi connectivity index (χ4n) is 3.60. The van der Waals surface area contributed by atoms with E-state index in [9.17, 15) is 0 Å². The second-order valence-corrected chi connectivity index (χ2v) is 6.43. The van der Waals surface area contributed by atoms with Crippen molar-refractivity contribution in [3.63, 3.8) is 0 Å². The summed E-state index contributed by atoms with van der Waals surface area (Å²) in [5, 5.41) is 11.2. The summed E-state index contributed by atoms with van der Waals surface area (Å²) in [6.07, 6.45) is 0.166. The third-order valence-electron chi connectivity index (χ3n) is 4.88. The molecule has 4 rings (SSSR count). The molecule has 0 amide bonds. The molecule has 0 N–H and O–H groups in total. The fraction of sp³-hybridized carbons (Fsp3) is 0.647. The minimum Gasteiger partial charge on any atom is -0.379 e. The maximum Gasteiger partial charge on any atom is 0.132 e. The zero-order valence-corrected chi connectivity index (χ0v) is 14.0. The summed E-state index contributed by atoms with van der Waals surface area (Å²) in [6.45, 7) is 7.94. The van der Waals surface area contributed by atoms with E-state index in [0.29, 0.717) is 0 Å². The zero-order chi connectivity index (χ0) is 16.2. The number of para-hydroxylation sites is 1. The van der Waals surface area contributed by atoms with Crippen LogP contribution < -0.4 is 5.01 Å². The van der Waals surface area contributed by atoms with Crippen LogP contribution in [-0.2, 0) is 9.47 Å². The Morgan fingerprint density at radius 2 is 1.58 bits per heavy atom. The topological polar surface area (TPSA) is 52.9 Å². The molecular weight excluding hydrogens is 306 g/mol. The Kier molecular flexibility index (Phi) is 5.03. The number of hydrogen-bond acceptors (Lipinski definition) is 7. The van der Waals surface area contributed by atoms with Crippen molar-refractivity contribution in [2.75, 3.05) is 64.2 Å². The van der Waals surface area contributed by atoms with Crippen molar-refractivity contribution in [2.24, 2.45) is 10.3 Å². The van der Waals surface area contributed by atoms with Gasteiger partial charge in [0, 0.05) is 32.7 Å². The van der Waals surface area contributed by atoms with E-state index in [4.69, 9.17) is 9.47 Å². The van der Waals surface area contributed by atoms with E-state index in [1.807, 2.05) is 6.07 Å². The van der Waals surface area contributed by atoms with Crippen molar-refractivity contribution in [2.45, 2.75) is 12.2 Å². The minimum atomic E-state index is 0.154. The van der Waals surface area contributed by atoms with E-state index in [1.165, 1.54) is 0 Å². The van der Waals surface area contributed by atoms with Gasteiger partial charge in [-0.3, -0.25) is 9.80 Å². The first-order valence-electron chi connectivity index (χ1n) is 8.79. The number of rotatable bonds is 4. The van der Waals surface area contributed by atoms with Gasteiger partial charge < -0.3 is 9.47 Å². The molecule has 0 spiro atoms. The molecule has 0 saturated carbocycles. The lowest BCUT2D eigenvalue weighted by molar-refractivity contribution is 0.00378. The van der Waals surface area contributed by atoms with Crippen molar-refractivity contribution < 1.29 is 9.47 Å². The van der Waals surface area contributed by atoms with Gasteiger partial charge in [-0.05, 0) is 12.1 Å². The summed E-state index contributed by atoms with van der Waals surface area (Å²) in [6, 6.07) is 10.5. The van der Waals surface area contributed by atoms with Gasteiger partial charge >= 0.3 is 0 Å². The summed E-state index contributed by atoms with van der Waals surface area (Å²) in [5.74, 6) is 0. The molecule has 0 radical (unpaired) electrons. The normalized spacial score (nSPS) is 29.2. The highest BCUT2D eigenvalue weighted by Gasteiger charge is 2.39. The monoisotopic (exact) mass is 331 g/mol. The lowest BCUT2D eigenvalue weighted by Crippen LogP contribution is -2.56. The standard InChI is InChI=1S/C17H25N5O2/c1-2-4-15(5-3-1)22-17(21-8-12-24-13-9-21)16(18-19-22)14-20-6-10-23-11-7-20/h1-5,16-17H,6-14H2. The van der Waals surface area contributed by atoms with E-state index in [1.54, 1.807) is 0 Å². The third-order valence-corrected chi connectivity index (χ3v) is 4.88. The summed E-state index contributed by atoms with van der Waals surface area (Å²) < 4.78 is 11.0. The first-order chi connectivity index (χ1) is 11.9. The summed E-state index contributed by atoms with van der Waals surface area (Å²) in [5.41, 5.74) is 1.10. The third kappa shape index (κ3) is 3.44. The Labute approximate surface area is 142 Å². The number of benzene rings is 1. The van der Waals surface area contributed by atoms with E-state index >= 15 is 0 Å². The molecule has 3 aliphatic rings. The van der Waals surface area contributed by atoms with Crippen LogP contribution in [0.1, 0.15) is 0 Å². The molecular formula is C17H25N5O2. The van der Waals surface area contributed by atoms with Crippen molar-refractivity contribution in [1.82, 2.24) is 9.80 Å². The number of hydrogen-bond donors (Lipinski definition) is 0. The average molecular weight is 331 g/mol. The second-order valence-electron chi connectivity index (χ2n) is 6.43. The van der Waals surface area contributed by atoms with Crippen molar-refractivity contribution >= 4 is 5.69 Å². The van der Waals surface area contributed by atoms with E-state index < -0.39 is 0 Å². The molecule has 130 valence electrons. The Morgan fingerprint density at radius 3 is 2.29 bits per heavy atom. The molecule has 1 aromatic carbocycles. The number of ether oxygens (including phenoxy) is 2.